The quantitative estimate of drug-likeness (QED) is 0.363. The van der Waals surface area contributed by atoms with E-state index in [0.29, 0.717) is 5.56 Å². The Bertz CT molecular complexity index is 1160. The molecule has 9 heteroatoms. The first-order chi connectivity index (χ1) is 12.9. The van der Waals surface area contributed by atoms with Gasteiger partial charge in [0.15, 0.2) is 5.71 Å². The standard InChI is InChI=1S/C19H18N2O6S/c1-19(2)15-11-14(28(25,26)27)6-7-16(15)20(3)18(19)9-4-12-10-13(21(23)24)5-8-17(12)22/h4-11H,1-3H3,(H,25,26,27). The number of non-ortho nitro benzene ring substituents is 1. The number of phenolic OH excluding ortho intramolecular Hbond substituents is 1. The first-order valence-corrected chi connectivity index (χ1v) is 9.71. The molecule has 1 heterocycles. The van der Waals surface area contributed by atoms with Gasteiger partial charge in [0.25, 0.3) is 5.69 Å². The lowest BCUT2D eigenvalue weighted by molar-refractivity contribution is -0.401. The lowest BCUT2D eigenvalue weighted by Gasteiger charge is -2.17. The zero-order valence-electron chi connectivity index (χ0n) is 15.4. The molecule has 0 radical (unpaired) electrons. The molecule has 0 saturated carbocycles. The van der Waals surface area contributed by atoms with Gasteiger partial charge in [-0.1, -0.05) is 0 Å². The van der Waals surface area contributed by atoms with Crippen LogP contribution < -0.4 is 0 Å². The van der Waals surface area contributed by atoms with E-state index in [1.54, 1.807) is 25.3 Å². The average molecular weight is 402 g/mol. The highest BCUT2D eigenvalue weighted by Gasteiger charge is 2.43. The Kier molecular flexibility index (Phi) is 4.60. The van der Waals surface area contributed by atoms with E-state index in [9.17, 15) is 28.2 Å². The predicted molar refractivity (Wildman–Crippen MR) is 102 cm³/mol. The van der Waals surface area contributed by atoms with Crippen LogP contribution in [0.1, 0.15) is 25.0 Å². The number of rotatable bonds is 4. The van der Waals surface area contributed by atoms with E-state index in [-0.39, 0.29) is 21.9 Å². The minimum absolute atomic E-state index is 0.0989. The fourth-order valence-electron chi connectivity index (χ4n) is 3.43. The highest BCUT2D eigenvalue weighted by Crippen LogP contribution is 2.40. The van der Waals surface area contributed by atoms with Gasteiger partial charge in [0.2, 0.25) is 5.69 Å². The molecule has 3 rings (SSSR count). The van der Waals surface area contributed by atoms with Gasteiger partial charge < -0.3 is 9.66 Å². The molecule has 1 aliphatic rings. The van der Waals surface area contributed by atoms with Crippen molar-refractivity contribution in [3.8, 4) is 5.75 Å². The van der Waals surface area contributed by atoms with Crippen molar-refractivity contribution in [3.05, 3.63) is 63.7 Å². The SMILES string of the molecule is C[N+]1=C(/C=C/c2cc([N+](=O)[O-])ccc2O)C(C)(C)c2cc(S(=O)(=O)[O-])ccc21. The summed E-state index contributed by atoms with van der Waals surface area (Å²) in [6, 6.07) is 7.96. The second-order valence-electron chi connectivity index (χ2n) is 7.04. The van der Waals surface area contributed by atoms with Crippen molar-refractivity contribution in [2.45, 2.75) is 24.2 Å². The Balaban J connectivity index is 2.06. The largest absolute Gasteiger partial charge is 0.744 e. The molecule has 0 atom stereocenters. The molecule has 2 aromatic carbocycles. The topological polar surface area (TPSA) is 124 Å². The maximum absolute atomic E-state index is 11.4. The van der Waals surface area contributed by atoms with Gasteiger partial charge in [-0.2, -0.15) is 4.58 Å². The van der Waals surface area contributed by atoms with Crippen molar-refractivity contribution >= 4 is 33.3 Å². The Morgan fingerprint density at radius 3 is 2.43 bits per heavy atom. The van der Waals surface area contributed by atoms with Crippen LogP contribution in [0.3, 0.4) is 0 Å². The second-order valence-corrected chi connectivity index (χ2v) is 8.42. The third-order valence-electron chi connectivity index (χ3n) is 4.94. The lowest BCUT2D eigenvalue weighted by atomic mass is 9.81. The summed E-state index contributed by atoms with van der Waals surface area (Å²) in [7, 11) is -2.78. The molecule has 0 aromatic heterocycles. The number of aromatic hydroxyl groups is 1. The maximum Gasteiger partial charge on any atom is 0.270 e. The van der Waals surface area contributed by atoms with E-state index < -0.39 is 20.5 Å². The molecular weight excluding hydrogens is 384 g/mol. The Hall–Kier alpha value is -3.04. The monoisotopic (exact) mass is 402 g/mol. The van der Waals surface area contributed by atoms with Crippen LogP contribution in [0.2, 0.25) is 0 Å². The first-order valence-electron chi connectivity index (χ1n) is 8.30. The summed E-state index contributed by atoms with van der Waals surface area (Å²) in [5.41, 5.74) is 1.71. The summed E-state index contributed by atoms with van der Waals surface area (Å²) in [5, 5.41) is 20.9. The van der Waals surface area contributed by atoms with E-state index in [1.165, 1.54) is 30.3 Å². The van der Waals surface area contributed by atoms with E-state index >= 15 is 0 Å². The molecule has 0 bridgehead atoms. The van der Waals surface area contributed by atoms with E-state index in [0.717, 1.165) is 11.4 Å². The molecule has 0 spiro atoms. The molecule has 0 amide bonds. The van der Waals surface area contributed by atoms with E-state index in [4.69, 9.17) is 0 Å². The number of benzene rings is 2. The summed E-state index contributed by atoms with van der Waals surface area (Å²) in [6.07, 6.45) is 3.27. The van der Waals surface area contributed by atoms with Crippen molar-refractivity contribution in [1.82, 2.24) is 0 Å². The van der Waals surface area contributed by atoms with Crippen LogP contribution in [0.4, 0.5) is 11.4 Å². The third-order valence-corrected chi connectivity index (χ3v) is 5.77. The summed E-state index contributed by atoms with van der Waals surface area (Å²) in [6.45, 7) is 3.76. The predicted octanol–water partition coefficient (Wildman–Crippen LogP) is 2.92. The molecule has 8 nitrogen and oxygen atoms in total. The van der Waals surface area contributed by atoms with Crippen molar-refractivity contribution in [2.24, 2.45) is 0 Å². The molecule has 0 unspecified atom stereocenters. The van der Waals surface area contributed by atoms with Gasteiger partial charge in [0.05, 0.1) is 15.2 Å². The average Bonchev–Trinajstić information content (AvgIpc) is 2.79. The summed E-state index contributed by atoms with van der Waals surface area (Å²) in [4.78, 5) is 10.1. The van der Waals surface area contributed by atoms with Crippen molar-refractivity contribution in [2.75, 3.05) is 7.05 Å². The number of hydrogen-bond acceptors (Lipinski definition) is 6. The van der Waals surface area contributed by atoms with Crippen molar-refractivity contribution < 1.29 is 27.6 Å². The van der Waals surface area contributed by atoms with Gasteiger partial charge >= 0.3 is 0 Å². The van der Waals surface area contributed by atoms with E-state index in [1.807, 2.05) is 18.4 Å². The number of hydrogen-bond donors (Lipinski definition) is 1. The molecule has 0 saturated heterocycles. The van der Waals surface area contributed by atoms with Crippen LogP contribution in [-0.4, -0.2) is 40.3 Å². The highest BCUT2D eigenvalue weighted by molar-refractivity contribution is 7.85. The molecule has 146 valence electrons. The van der Waals surface area contributed by atoms with E-state index in [2.05, 4.69) is 0 Å². The minimum Gasteiger partial charge on any atom is -0.744 e. The number of nitro benzene ring substituents is 1. The smallest absolute Gasteiger partial charge is 0.270 e. The fourth-order valence-corrected chi connectivity index (χ4v) is 3.93. The van der Waals surface area contributed by atoms with Gasteiger partial charge in [-0.05, 0) is 38.1 Å². The van der Waals surface area contributed by atoms with Crippen LogP contribution in [0.15, 0.2) is 47.4 Å². The number of nitrogens with zero attached hydrogens (tertiary/aromatic N) is 2. The van der Waals surface area contributed by atoms with Gasteiger partial charge in [0, 0.05) is 35.4 Å². The molecule has 28 heavy (non-hydrogen) atoms. The number of fused-ring (bicyclic) bond motifs is 1. The fraction of sp³-hybridized carbons (Fsp3) is 0.211. The summed E-state index contributed by atoms with van der Waals surface area (Å²) in [5.74, 6) is -0.0989. The van der Waals surface area contributed by atoms with Crippen LogP contribution >= 0.6 is 0 Å². The van der Waals surface area contributed by atoms with Crippen LogP contribution in [-0.2, 0) is 15.5 Å². The molecule has 1 aliphatic heterocycles. The second kappa shape index (κ2) is 6.54. The van der Waals surface area contributed by atoms with Gasteiger partial charge in [-0.15, -0.1) is 0 Å². The van der Waals surface area contributed by atoms with Gasteiger partial charge in [-0.3, -0.25) is 10.1 Å². The van der Waals surface area contributed by atoms with Crippen LogP contribution in [0.25, 0.3) is 6.08 Å². The lowest BCUT2D eigenvalue weighted by Crippen LogP contribution is -2.26. The van der Waals surface area contributed by atoms with Crippen LogP contribution in [0.5, 0.6) is 5.75 Å². The van der Waals surface area contributed by atoms with Crippen LogP contribution in [0, 0.1) is 10.1 Å². The maximum atomic E-state index is 11.4. The number of nitro groups is 1. The van der Waals surface area contributed by atoms with Crippen molar-refractivity contribution in [1.29, 1.82) is 0 Å². The summed E-state index contributed by atoms with van der Waals surface area (Å²) < 4.78 is 36.0. The van der Waals surface area contributed by atoms with Gasteiger partial charge in [0.1, 0.15) is 22.9 Å². The highest BCUT2D eigenvalue weighted by atomic mass is 32.2. The minimum atomic E-state index is -4.58. The first kappa shape index (κ1) is 19.7. The molecule has 0 fully saturated rings. The Labute approximate surface area is 162 Å². The summed E-state index contributed by atoms with van der Waals surface area (Å²) >= 11 is 0. The van der Waals surface area contributed by atoms with Crippen molar-refractivity contribution in [3.63, 3.8) is 0 Å². The zero-order valence-corrected chi connectivity index (χ0v) is 16.2. The Morgan fingerprint density at radius 1 is 1.14 bits per heavy atom. The third kappa shape index (κ3) is 3.30. The Morgan fingerprint density at radius 2 is 1.82 bits per heavy atom. The number of phenols is 1. The number of allylic oxidation sites excluding steroid dienone is 1. The normalized spacial score (nSPS) is 15.9. The molecule has 1 N–H and O–H groups in total. The molecule has 2 aromatic rings. The van der Waals surface area contributed by atoms with Gasteiger partial charge in [-0.25, -0.2) is 8.42 Å². The molecular formula is C19H18N2O6S. The molecule has 0 aliphatic carbocycles. The zero-order chi connectivity index (χ0) is 20.9.